The van der Waals surface area contributed by atoms with Gasteiger partial charge in [-0.05, 0) is 25.4 Å². The molecule has 0 spiro atoms. The summed E-state index contributed by atoms with van der Waals surface area (Å²) in [5.41, 5.74) is -0.587. The third-order valence-electron chi connectivity index (χ3n) is 3.37. The predicted molar refractivity (Wildman–Crippen MR) is 65.1 cm³/mol. The molecule has 1 aliphatic heterocycles. The summed E-state index contributed by atoms with van der Waals surface area (Å²) >= 11 is 0. The van der Waals surface area contributed by atoms with Crippen LogP contribution in [0.2, 0.25) is 0 Å². The molecule has 0 amide bonds. The van der Waals surface area contributed by atoms with E-state index in [9.17, 15) is 17.6 Å². The Kier molecular flexibility index (Phi) is 4.29. The summed E-state index contributed by atoms with van der Waals surface area (Å²) in [6.45, 7) is 4.30. The molecule has 0 bridgehead atoms. The molecule has 1 aromatic rings. The second-order valence-electron chi connectivity index (χ2n) is 4.73. The van der Waals surface area contributed by atoms with Gasteiger partial charge in [0.05, 0.1) is 0 Å². The third kappa shape index (κ3) is 2.83. The van der Waals surface area contributed by atoms with Crippen LogP contribution in [0.1, 0.15) is 13.3 Å². The van der Waals surface area contributed by atoms with Crippen LogP contribution >= 0.6 is 0 Å². The number of nitrogens with zero attached hydrogens (tertiary/aromatic N) is 1. The summed E-state index contributed by atoms with van der Waals surface area (Å²) in [5.74, 6) is -5.12. The molecule has 2 rings (SSSR count). The van der Waals surface area contributed by atoms with Crippen molar-refractivity contribution in [2.45, 2.75) is 13.3 Å². The van der Waals surface area contributed by atoms with E-state index >= 15 is 0 Å². The topological polar surface area (TPSA) is 15.3 Å². The van der Waals surface area contributed by atoms with Crippen molar-refractivity contribution in [1.82, 2.24) is 5.32 Å². The van der Waals surface area contributed by atoms with Gasteiger partial charge in [0, 0.05) is 19.2 Å². The first kappa shape index (κ1) is 14.1. The van der Waals surface area contributed by atoms with Gasteiger partial charge in [0.25, 0.3) is 0 Å². The van der Waals surface area contributed by atoms with E-state index in [0.29, 0.717) is 13.1 Å². The Morgan fingerprint density at radius 1 is 1.21 bits per heavy atom. The summed E-state index contributed by atoms with van der Waals surface area (Å²) in [5, 5.41) is 3.15. The average Bonchev–Trinajstić information content (AvgIpc) is 2.83. The van der Waals surface area contributed by atoms with E-state index in [1.54, 1.807) is 0 Å². The summed E-state index contributed by atoms with van der Waals surface area (Å²) in [4.78, 5) is 1.37. The second-order valence-corrected chi connectivity index (χ2v) is 4.73. The molecule has 0 saturated carbocycles. The highest BCUT2D eigenvalue weighted by atomic mass is 19.2. The maximum Gasteiger partial charge on any atom is 0.185 e. The van der Waals surface area contributed by atoms with Crippen molar-refractivity contribution < 1.29 is 17.6 Å². The van der Waals surface area contributed by atoms with E-state index < -0.39 is 29.0 Å². The Morgan fingerprint density at radius 2 is 1.84 bits per heavy atom. The molecule has 0 aromatic heterocycles. The largest absolute Gasteiger partial charge is 0.366 e. The van der Waals surface area contributed by atoms with Crippen molar-refractivity contribution in [3.05, 3.63) is 29.3 Å². The van der Waals surface area contributed by atoms with Gasteiger partial charge in [-0.15, -0.1) is 0 Å². The minimum absolute atomic E-state index is 0.227. The Morgan fingerprint density at radius 3 is 2.42 bits per heavy atom. The van der Waals surface area contributed by atoms with Crippen molar-refractivity contribution in [1.29, 1.82) is 0 Å². The number of hydrogen-bond acceptors (Lipinski definition) is 2. The fourth-order valence-electron chi connectivity index (χ4n) is 2.39. The molecular weight excluding hydrogens is 260 g/mol. The van der Waals surface area contributed by atoms with E-state index in [0.717, 1.165) is 19.5 Å². The summed E-state index contributed by atoms with van der Waals surface area (Å²) < 4.78 is 53.6. The molecule has 1 heterocycles. The Hall–Kier alpha value is -1.30. The van der Waals surface area contributed by atoms with Crippen LogP contribution in [0.5, 0.6) is 0 Å². The van der Waals surface area contributed by atoms with Gasteiger partial charge in [-0.25, -0.2) is 17.6 Å². The normalized spacial score (nSPS) is 19.2. The number of rotatable bonds is 4. The molecule has 0 radical (unpaired) electrons. The van der Waals surface area contributed by atoms with E-state index in [1.807, 2.05) is 6.92 Å². The lowest BCUT2D eigenvalue weighted by atomic mass is 10.1. The molecule has 1 unspecified atom stereocenters. The standard InChI is InChI=1S/C13H16F4N2/c1-2-18-6-8-3-4-19(7-8)13-11(16)9(14)5-10(15)12(13)17/h5,8,18H,2-4,6-7H2,1H3. The van der Waals surface area contributed by atoms with E-state index in [-0.39, 0.29) is 12.0 Å². The van der Waals surface area contributed by atoms with Crippen molar-refractivity contribution >= 4 is 5.69 Å². The van der Waals surface area contributed by atoms with Gasteiger partial charge in [-0.3, -0.25) is 0 Å². The fraction of sp³-hybridized carbons (Fsp3) is 0.538. The Bertz CT molecular complexity index is 438. The summed E-state index contributed by atoms with van der Waals surface area (Å²) in [7, 11) is 0. The predicted octanol–water partition coefficient (Wildman–Crippen LogP) is 2.68. The summed E-state index contributed by atoms with van der Waals surface area (Å²) in [6, 6.07) is 0.236. The van der Waals surface area contributed by atoms with Gasteiger partial charge < -0.3 is 10.2 Å². The first-order valence-corrected chi connectivity index (χ1v) is 6.33. The van der Waals surface area contributed by atoms with Crippen LogP contribution in [0.15, 0.2) is 6.07 Å². The van der Waals surface area contributed by atoms with Crippen LogP contribution in [0.3, 0.4) is 0 Å². The molecule has 1 fully saturated rings. The van der Waals surface area contributed by atoms with Crippen LogP contribution in [-0.2, 0) is 0 Å². The zero-order valence-corrected chi connectivity index (χ0v) is 10.6. The lowest BCUT2D eigenvalue weighted by molar-refractivity contribution is 0.452. The molecule has 1 aliphatic rings. The lowest BCUT2D eigenvalue weighted by Gasteiger charge is -2.20. The molecule has 1 N–H and O–H groups in total. The van der Waals surface area contributed by atoms with Crippen LogP contribution in [0, 0.1) is 29.2 Å². The average molecular weight is 276 g/mol. The van der Waals surface area contributed by atoms with E-state index in [1.165, 1.54) is 4.90 Å². The van der Waals surface area contributed by atoms with Gasteiger partial charge >= 0.3 is 0 Å². The minimum atomic E-state index is -1.36. The number of benzene rings is 1. The van der Waals surface area contributed by atoms with Gasteiger partial charge in [-0.1, -0.05) is 6.92 Å². The van der Waals surface area contributed by atoms with Crippen molar-refractivity contribution in [2.24, 2.45) is 5.92 Å². The van der Waals surface area contributed by atoms with Gasteiger partial charge in [-0.2, -0.15) is 0 Å². The molecule has 2 nitrogen and oxygen atoms in total. The highest BCUT2D eigenvalue weighted by molar-refractivity contribution is 5.51. The molecule has 1 aromatic carbocycles. The van der Waals surface area contributed by atoms with Crippen molar-refractivity contribution in [2.75, 3.05) is 31.1 Å². The first-order chi connectivity index (χ1) is 9.04. The van der Waals surface area contributed by atoms with Crippen LogP contribution < -0.4 is 10.2 Å². The minimum Gasteiger partial charge on any atom is -0.366 e. The maximum absolute atomic E-state index is 13.6. The zero-order chi connectivity index (χ0) is 14.0. The smallest absolute Gasteiger partial charge is 0.185 e. The number of nitrogens with one attached hydrogen (secondary N) is 1. The molecule has 6 heteroatoms. The summed E-state index contributed by atoms with van der Waals surface area (Å²) in [6.07, 6.45) is 0.740. The molecule has 1 saturated heterocycles. The van der Waals surface area contributed by atoms with Crippen molar-refractivity contribution in [3.8, 4) is 0 Å². The quantitative estimate of drug-likeness (QED) is 0.672. The molecular formula is C13H16F4N2. The Balaban J connectivity index is 2.19. The maximum atomic E-state index is 13.6. The molecule has 0 aliphatic carbocycles. The number of hydrogen-bond donors (Lipinski definition) is 1. The third-order valence-corrected chi connectivity index (χ3v) is 3.37. The SMILES string of the molecule is CCNCC1CCN(c2c(F)c(F)cc(F)c2F)C1. The number of anilines is 1. The van der Waals surface area contributed by atoms with E-state index in [4.69, 9.17) is 0 Å². The van der Waals surface area contributed by atoms with Crippen LogP contribution in [0.25, 0.3) is 0 Å². The van der Waals surface area contributed by atoms with Gasteiger partial charge in [0.2, 0.25) is 0 Å². The van der Waals surface area contributed by atoms with Gasteiger partial charge in [0.15, 0.2) is 23.3 Å². The van der Waals surface area contributed by atoms with Crippen LogP contribution in [0.4, 0.5) is 23.2 Å². The van der Waals surface area contributed by atoms with E-state index in [2.05, 4.69) is 5.32 Å². The zero-order valence-electron chi connectivity index (χ0n) is 10.6. The van der Waals surface area contributed by atoms with Crippen LogP contribution in [-0.4, -0.2) is 26.2 Å². The van der Waals surface area contributed by atoms with Gasteiger partial charge in [0.1, 0.15) is 5.69 Å². The highest BCUT2D eigenvalue weighted by Crippen LogP contribution is 2.31. The molecule has 19 heavy (non-hydrogen) atoms. The monoisotopic (exact) mass is 276 g/mol. The second kappa shape index (κ2) is 5.77. The Labute approximate surface area is 109 Å². The highest BCUT2D eigenvalue weighted by Gasteiger charge is 2.29. The van der Waals surface area contributed by atoms with Crippen molar-refractivity contribution in [3.63, 3.8) is 0 Å². The molecule has 1 atom stereocenters. The lowest BCUT2D eigenvalue weighted by Crippen LogP contribution is -2.27. The first-order valence-electron chi connectivity index (χ1n) is 6.33. The fourth-order valence-corrected chi connectivity index (χ4v) is 2.39. The number of halogens is 4. The molecule has 106 valence electrons.